The smallest absolute Gasteiger partial charge is 0.341 e. The van der Waals surface area contributed by atoms with Gasteiger partial charge in [-0.1, -0.05) is 0 Å². The summed E-state index contributed by atoms with van der Waals surface area (Å²) in [6.45, 7) is -0.494. The minimum Gasteiger partial charge on any atom is -0.493 e. The van der Waals surface area contributed by atoms with E-state index in [0.717, 1.165) is 0 Å². The van der Waals surface area contributed by atoms with Gasteiger partial charge < -0.3 is 20.3 Å². The number of carbonyl (C=O) groups is 2. The van der Waals surface area contributed by atoms with Crippen molar-refractivity contribution in [2.75, 3.05) is 13.7 Å². The molecule has 4 N–H and O–H groups in total. The average molecular weight is 346 g/mol. The summed E-state index contributed by atoms with van der Waals surface area (Å²) < 4.78 is 10.7. The number of primary amides is 1. The molecule has 0 aliphatic rings. The number of ether oxygens (including phenoxy) is 2. The molecule has 9 heteroatoms. The first-order chi connectivity index (χ1) is 9.43. The fraction of sp³-hybridized carbons (Fsp3) is 0.182. The summed E-state index contributed by atoms with van der Waals surface area (Å²) in [5.41, 5.74) is 7.50. The third-order valence-corrected chi connectivity index (χ3v) is 2.57. The first-order valence-electron chi connectivity index (χ1n) is 5.24. The molecule has 0 unspecified atom stereocenters. The topological polar surface area (TPSA) is 123 Å². The number of carboxylic acids is 1. The molecule has 0 spiro atoms. The molecule has 0 fully saturated rings. The largest absolute Gasteiger partial charge is 0.493 e. The molecule has 2 amide bonds. The van der Waals surface area contributed by atoms with Crippen molar-refractivity contribution in [1.29, 1.82) is 0 Å². The van der Waals surface area contributed by atoms with E-state index in [4.69, 9.17) is 20.3 Å². The highest BCUT2D eigenvalue weighted by molar-refractivity contribution is 9.10. The molecule has 1 rings (SSSR count). The summed E-state index contributed by atoms with van der Waals surface area (Å²) in [5, 5.41) is 12.2. The number of nitrogens with two attached hydrogens (primary N) is 1. The Morgan fingerprint density at radius 1 is 1.55 bits per heavy atom. The molecule has 0 saturated heterocycles. The number of urea groups is 1. The molecule has 0 atom stereocenters. The Labute approximate surface area is 122 Å². The zero-order valence-electron chi connectivity index (χ0n) is 10.4. The first-order valence-corrected chi connectivity index (χ1v) is 6.04. The number of carboxylic acid groups (broad SMARTS) is 1. The quantitative estimate of drug-likeness (QED) is 0.522. The fourth-order valence-corrected chi connectivity index (χ4v) is 1.83. The van der Waals surface area contributed by atoms with E-state index in [1.165, 1.54) is 13.3 Å². The van der Waals surface area contributed by atoms with Crippen LogP contribution in [-0.4, -0.2) is 37.0 Å². The summed E-state index contributed by atoms with van der Waals surface area (Å²) in [6, 6.07) is 2.40. The van der Waals surface area contributed by atoms with Crippen molar-refractivity contribution in [3.05, 3.63) is 22.2 Å². The molecule has 0 saturated carbocycles. The Kier molecular flexibility index (Phi) is 5.78. The molecule has 8 nitrogen and oxygen atoms in total. The molecule has 0 radical (unpaired) electrons. The summed E-state index contributed by atoms with van der Waals surface area (Å²) in [4.78, 5) is 21.0. The number of methoxy groups -OCH3 is 1. The number of hydrogen-bond acceptors (Lipinski definition) is 5. The maximum atomic E-state index is 10.5. The summed E-state index contributed by atoms with van der Waals surface area (Å²) in [6.07, 6.45) is 1.35. The van der Waals surface area contributed by atoms with Crippen LogP contribution in [0.1, 0.15) is 5.56 Å². The lowest BCUT2D eigenvalue weighted by Gasteiger charge is -2.11. The van der Waals surface area contributed by atoms with E-state index in [0.29, 0.717) is 15.8 Å². The van der Waals surface area contributed by atoms with Crippen LogP contribution in [0.25, 0.3) is 0 Å². The number of benzene rings is 1. The summed E-state index contributed by atoms with van der Waals surface area (Å²) >= 11 is 3.24. The molecule has 20 heavy (non-hydrogen) atoms. The van der Waals surface area contributed by atoms with Gasteiger partial charge in [0.1, 0.15) is 0 Å². The van der Waals surface area contributed by atoms with Crippen LogP contribution in [0.4, 0.5) is 4.79 Å². The van der Waals surface area contributed by atoms with E-state index >= 15 is 0 Å². The van der Waals surface area contributed by atoms with E-state index in [1.54, 1.807) is 12.1 Å². The number of nitrogens with one attached hydrogen (secondary N) is 1. The van der Waals surface area contributed by atoms with Gasteiger partial charge >= 0.3 is 12.0 Å². The van der Waals surface area contributed by atoms with E-state index in [9.17, 15) is 9.59 Å². The predicted octanol–water partition coefficient (Wildman–Crippen LogP) is 0.923. The Bertz CT molecular complexity index is 547. The maximum absolute atomic E-state index is 10.5. The van der Waals surface area contributed by atoms with Crippen LogP contribution in [-0.2, 0) is 4.79 Å². The molecule has 1 aromatic carbocycles. The van der Waals surface area contributed by atoms with Crippen molar-refractivity contribution >= 4 is 34.1 Å². The minimum atomic E-state index is -1.10. The first kappa shape index (κ1) is 15.8. The van der Waals surface area contributed by atoms with E-state index in [1.807, 2.05) is 5.43 Å². The third kappa shape index (κ3) is 4.76. The van der Waals surface area contributed by atoms with Gasteiger partial charge in [0.2, 0.25) is 0 Å². The Balaban J connectivity index is 2.97. The lowest BCUT2D eigenvalue weighted by molar-refractivity contribution is -0.139. The van der Waals surface area contributed by atoms with Crippen LogP contribution in [0.2, 0.25) is 0 Å². The van der Waals surface area contributed by atoms with Crippen molar-refractivity contribution in [3.8, 4) is 11.5 Å². The highest BCUT2D eigenvalue weighted by Crippen LogP contribution is 2.36. The van der Waals surface area contributed by atoms with E-state index in [-0.39, 0.29) is 5.75 Å². The van der Waals surface area contributed by atoms with Gasteiger partial charge in [-0.3, -0.25) is 0 Å². The Morgan fingerprint density at radius 3 is 2.80 bits per heavy atom. The second-order valence-corrected chi connectivity index (χ2v) is 4.31. The summed E-state index contributed by atoms with van der Waals surface area (Å²) in [5.74, 6) is -0.522. The van der Waals surface area contributed by atoms with Gasteiger partial charge in [0.15, 0.2) is 18.1 Å². The van der Waals surface area contributed by atoms with Gasteiger partial charge in [-0.15, -0.1) is 0 Å². The third-order valence-electron chi connectivity index (χ3n) is 1.98. The van der Waals surface area contributed by atoms with Crippen molar-refractivity contribution in [2.45, 2.75) is 0 Å². The molecule has 0 aromatic heterocycles. The van der Waals surface area contributed by atoms with Crippen LogP contribution in [0, 0.1) is 0 Å². The van der Waals surface area contributed by atoms with Gasteiger partial charge in [0.05, 0.1) is 17.8 Å². The normalized spacial score (nSPS) is 10.3. The second-order valence-electron chi connectivity index (χ2n) is 3.45. The number of nitrogens with zero attached hydrogens (tertiary/aromatic N) is 1. The Hall–Kier alpha value is -2.29. The summed E-state index contributed by atoms with van der Waals surface area (Å²) in [7, 11) is 1.41. The standard InChI is InChI=1S/C11H12BrN3O5/c1-19-8-3-6(4-14-15-11(13)18)2-7(12)10(8)20-5-9(16)17/h2-4H,5H2,1H3,(H,16,17)(H3,13,15,18). The van der Waals surface area contributed by atoms with Crippen LogP contribution >= 0.6 is 15.9 Å². The van der Waals surface area contributed by atoms with Gasteiger partial charge in [0.25, 0.3) is 0 Å². The monoisotopic (exact) mass is 345 g/mol. The SMILES string of the molecule is COc1cc(C=NNC(N)=O)cc(Br)c1OCC(=O)O. The highest BCUT2D eigenvalue weighted by Gasteiger charge is 2.12. The van der Waals surface area contributed by atoms with Gasteiger partial charge in [-0.25, -0.2) is 15.0 Å². The zero-order valence-corrected chi connectivity index (χ0v) is 12.0. The number of hydrogen-bond donors (Lipinski definition) is 3. The van der Waals surface area contributed by atoms with Crippen LogP contribution in [0.3, 0.4) is 0 Å². The average Bonchev–Trinajstić information content (AvgIpc) is 2.36. The maximum Gasteiger partial charge on any atom is 0.341 e. The molecular formula is C11H12BrN3O5. The molecule has 0 heterocycles. The molecule has 0 bridgehead atoms. The van der Waals surface area contributed by atoms with Gasteiger partial charge in [0, 0.05) is 0 Å². The molecule has 0 aliphatic heterocycles. The van der Waals surface area contributed by atoms with Crippen molar-refractivity contribution in [1.82, 2.24) is 5.43 Å². The number of hydrazone groups is 1. The predicted molar refractivity (Wildman–Crippen MR) is 74.1 cm³/mol. The number of aliphatic carboxylic acids is 1. The number of halogens is 1. The molecular weight excluding hydrogens is 334 g/mol. The van der Waals surface area contributed by atoms with Crippen LogP contribution in [0.5, 0.6) is 11.5 Å². The van der Waals surface area contributed by atoms with E-state index in [2.05, 4.69) is 21.0 Å². The molecule has 108 valence electrons. The number of carbonyl (C=O) groups excluding carboxylic acids is 1. The van der Waals surface area contributed by atoms with Gasteiger partial charge in [-0.2, -0.15) is 5.10 Å². The highest BCUT2D eigenvalue weighted by atomic mass is 79.9. The lowest BCUT2D eigenvalue weighted by atomic mass is 10.2. The fourth-order valence-electron chi connectivity index (χ4n) is 1.26. The Morgan fingerprint density at radius 2 is 2.25 bits per heavy atom. The zero-order chi connectivity index (χ0) is 15.1. The van der Waals surface area contributed by atoms with Crippen molar-refractivity contribution < 1.29 is 24.2 Å². The van der Waals surface area contributed by atoms with Crippen molar-refractivity contribution in [3.63, 3.8) is 0 Å². The van der Waals surface area contributed by atoms with Gasteiger partial charge in [-0.05, 0) is 33.6 Å². The number of amides is 2. The minimum absolute atomic E-state index is 0.259. The second kappa shape index (κ2) is 7.34. The van der Waals surface area contributed by atoms with Crippen molar-refractivity contribution in [2.24, 2.45) is 10.8 Å². The van der Waals surface area contributed by atoms with E-state index < -0.39 is 18.6 Å². The van der Waals surface area contributed by atoms with Crippen LogP contribution in [0.15, 0.2) is 21.7 Å². The molecule has 1 aromatic rings. The molecule has 0 aliphatic carbocycles. The lowest BCUT2D eigenvalue weighted by Crippen LogP contribution is -2.24. The van der Waals surface area contributed by atoms with Crippen LogP contribution < -0.4 is 20.6 Å². The number of rotatable bonds is 6.